The first kappa shape index (κ1) is 28.4. The number of rotatable bonds is 5. The van der Waals surface area contributed by atoms with E-state index in [-0.39, 0.29) is 0 Å². The Kier molecular flexibility index (Phi) is 6.53. The Morgan fingerprint density at radius 3 is 1.04 bits per heavy atom. The van der Waals surface area contributed by atoms with Gasteiger partial charge in [0.1, 0.15) is 0 Å². The van der Waals surface area contributed by atoms with Crippen LogP contribution in [-0.2, 0) is 0 Å². The van der Waals surface area contributed by atoms with Crippen molar-refractivity contribution in [2.24, 2.45) is 0 Å². The molecule has 2 heterocycles. The zero-order valence-electron chi connectivity index (χ0n) is 27.4. The number of hydrogen-bond acceptors (Lipinski definition) is 0. The van der Waals surface area contributed by atoms with Crippen LogP contribution in [0.5, 0.6) is 0 Å². The fraction of sp³-hybridized carbons (Fsp3) is 0. The Morgan fingerprint density at radius 1 is 0.260 bits per heavy atom. The van der Waals surface area contributed by atoms with E-state index in [1.807, 2.05) is 0 Å². The molecule has 8 aromatic carbocycles. The molecule has 0 aliphatic heterocycles. The standard InChI is InChI=1S/C48H32N2/c1-5-15-33(16-6-1)35-27-29-43-41(31-35)47-39(23-13-25-45(47)49(43)37-19-9-3-10-20-37)40-24-14-26-46-48(40)42-32-36(34-17-7-2-8-18-34)28-30-44(42)50(46)38-21-11-4-12-22-38/h1-32H. The topological polar surface area (TPSA) is 9.86 Å². The molecule has 0 radical (unpaired) electrons. The quantitative estimate of drug-likeness (QED) is 0.178. The number of fused-ring (bicyclic) bond motifs is 6. The molecule has 0 spiro atoms. The van der Waals surface area contributed by atoms with Gasteiger partial charge in [-0.05, 0) is 94.0 Å². The van der Waals surface area contributed by atoms with Gasteiger partial charge in [-0.3, -0.25) is 0 Å². The van der Waals surface area contributed by atoms with Gasteiger partial charge in [0.15, 0.2) is 0 Å². The van der Waals surface area contributed by atoms with E-state index < -0.39 is 0 Å². The molecule has 234 valence electrons. The van der Waals surface area contributed by atoms with E-state index in [2.05, 4.69) is 203 Å². The third-order valence-electron chi connectivity index (χ3n) is 10.1. The van der Waals surface area contributed by atoms with Crippen molar-refractivity contribution >= 4 is 43.6 Å². The van der Waals surface area contributed by atoms with Gasteiger partial charge in [0, 0.05) is 32.9 Å². The first-order valence-electron chi connectivity index (χ1n) is 17.2. The smallest absolute Gasteiger partial charge is 0.0547 e. The zero-order chi connectivity index (χ0) is 33.0. The highest BCUT2D eigenvalue weighted by Gasteiger charge is 2.21. The van der Waals surface area contributed by atoms with Crippen LogP contribution >= 0.6 is 0 Å². The lowest BCUT2D eigenvalue weighted by atomic mass is 9.94. The van der Waals surface area contributed by atoms with E-state index >= 15 is 0 Å². The van der Waals surface area contributed by atoms with E-state index in [1.54, 1.807) is 0 Å². The van der Waals surface area contributed by atoms with Gasteiger partial charge >= 0.3 is 0 Å². The first-order chi connectivity index (χ1) is 24.8. The van der Waals surface area contributed by atoms with Gasteiger partial charge in [0.25, 0.3) is 0 Å². The molecule has 10 rings (SSSR count). The second-order valence-electron chi connectivity index (χ2n) is 12.9. The van der Waals surface area contributed by atoms with Gasteiger partial charge in [-0.1, -0.05) is 133 Å². The minimum Gasteiger partial charge on any atom is -0.309 e. The molecule has 50 heavy (non-hydrogen) atoms. The second kappa shape index (κ2) is 11.5. The summed E-state index contributed by atoms with van der Waals surface area (Å²) in [5, 5.41) is 5.01. The van der Waals surface area contributed by atoms with Gasteiger partial charge in [-0.15, -0.1) is 0 Å². The van der Waals surface area contributed by atoms with Gasteiger partial charge in [0.05, 0.1) is 22.1 Å². The van der Waals surface area contributed by atoms with Crippen molar-refractivity contribution in [1.82, 2.24) is 9.13 Å². The van der Waals surface area contributed by atoms with Crippen molar-refractivity contribution in [1.29, 1.82) is 0 Å². The van der Waals surface area contributed by atoms with Crippen LogP contribution in [0.25, 0.3) is 88.4 Å². The number of hydrogen-bond donors (Lipinski definition) is 0. The molecule has 0 amide bonds. The number of para-hydroxylation sites is 2. The lowest BCUT2D eigenvalue weighted by Gasteiger charge is -2.10. The Hall–Kier alpha value is -6.64. The maximum atomic E-state index is 2.42. The number of benzene rings is 8. The molecule has 0 saturated carbocycles. The molecule has 0 N–H and O–H groups in total. The fourth-order valence-corrected chi connectivity index (χ4v) is 7.92. The predicted octanol–water partition coefficient (Wildman–Crippen LogP) is 12.9. The monoisotopic (exact) mass is 636 g/mol. The van der Waals surface area contributed by atoms with Crippen molar-refractivity contribution < 1.29 is 0 Å². The summed E-state index contributed by atoms with van der Waals surface area (Å²) in [7, 11) is 0. The average Bonchev–Trinajstić information content (AvgIpc) is 3.71. The van der Waals surface area contributed by atoms with Crippen molar-refractivity contribution in [2.45, 2.75) is 0 Å². The third-order valence-corrected chi connectivity index (χ3v) is 10.1. The summed E-state index contributed by atoms with van der Waals surface area (Å²) in [6, 6.07) is 70.4. The molecule has 2 aromatic heterocycles. The highest BCUT2D eigenvalue weighted by molar-refractivity contribution is 6.23. The maximum absolute atomic E-state index is 2.42. The molecule has 0 aliphatic carbocycles. The van der Waals surface area contributed by atoms with Crippen molar-refractivity contribution in [3.8, 4) is 44.8 Å². The molecule has 2 nitrogen and oxygen atoms in total. The molecule has 0 bridgehead atoms. The molecular formula is C48H32N2. The van der Waals surface area contributed by atoms with E-state index in [4.69, 9.17) is 0 Å². The summed E-state index contributed by atoms with van der Waals surface area (Å²) < 4.78 is 4.84. The highest BCUT2D eigenvalue weighted by Crippen LogP contribution is 2.45. The van der Waals surface area contributed by atoms with E-state index in [9.17, 15) is 0 Å². The zero-order valence-corrected chi connectivity index (χ0v) is 27.4. The molecule has 10 aromatic rings. The molecule has 0 saturated heterocycles. The summed E-state index contributed by atoms with van der Waals surface area (Å²) in [4.78, 5) is 0. The first-order valence-corrected chi connectivity index (χ1v) is 17.2. The normalized spacial score (nSPS) is 11.6. The Balaban J connectivity index is 1.33. The minimum atomic E-state index is 1.16. The van der Waals surface area contributed by atoms with Gasteiger partial charge in [-0.25, -0.2) is 0 Å². The maximum Gasteiger partial charge on any atom is 0.0547 e. The van der Waals surface area contributed by atoms with Crippen LogP contribution in [-0.4, -0.2) is 9.13 Å². The van der Waals surface area contributed by atoms with Gasteiger partial charge in [0.2, 0.25) is 0 Å². The average molecular weight is 637 g/mol. The summed E-state index contributed by atoms with van der Waals surface area (Å²) in [5.74, 6) is 0. The molecule has 0 fully saturated rings. The van der Waals surface area contributed by atoms with Crippen molar-refractivity contribution in [2.75, 3.05) is 0 Å². The van der Waals surface area contributed by atoms with E-state index in [0.717, 1.165) is 11.4 Å². The van der Waals surface area contributed by atoms with Crippen LogP contribution in [0.1, 0.15) is 0 Å². The van der Waals surface area contributed by atoms with Gasteiger partial charge in [-0.2, -0.15) is 0 Å². The number of aromatic nitrogens is 2. The Labute approximate surface area is 290 Å². The third kappa shape index (κ3) is 4.43. The van der Waals surface area contributed by atoms with E-state index in [0.29, 0.717) is 0 Å². The second-order valence-corrected chi connectivity index (χ2v) is 12.9. The lowest BCUT2D eigenvalue weighted by molar-refractivity contribution is 1.18. The molecule has 0 atom stereocenters. The summed E-state index contributed by atoms with van der Waals surface area (Å²) in [5.41, 5.74) is 14.4. The fourth-order valence-electron chi connectivity index (χ4n) is 7.92. The Morgan fingerprint density at radius 2 is 0.640 bits per heavy atom. The van der Waals surface area contributed by atoms with E-state index in [1.165, 1.54) is 77.0 Å². The van der Waals surface area contributed by atoms with Crippen molar-refractivity contribution in [3.05, 3.63) is 194 Å². The summed E-state index contributed by atoms with van der Waals surface area (Å²) in [6.45, 7) is 0. The largest absolute Gasteiger partial charge is 0.309 e. The Bertz CT molecular complexity index is 2630. The predicted molar refractivity (Wildman–Crippen MR) is 211 cm³/mol. The van der Waals surface area contributed by atoms with Crippen LogP contribution < -0.4 is 0 Å². The van der Waals surface area contributed by atoms with Crippen LogP contribution in [0.3, 0.4) is 0 Å². The SMILES string of the molecule is c1ccc(-c2ccc3c(c2)c2c(-c4cccc5c4c4cc(-c6ccccc6)ccc4n5-c4ccccc4)cccc2n3-c2ccccc2)cc1. The molecule has 0 unspecified atom stereocenters. The van der Waals surface area contributed by atoms with Gasteiger partial charge < -0.3 is 9.13 Å². The molecular weight excluding hydrogens is 605 g/mol. The molecule has 0 aliphatic rings. The number of nitrogens with zero attached hydrogens (tertiary/aromatic N) is 2. The van der Waals surface area contributed by atoms with Crippen LogP contribution in [0.4, 0.5) is 0 Å². The van der Waals surface area contributed by atoms with Crippen LogP contribution in [0.15, 0.2) is 194 Å². The summed E-state index contributed by atoms with van der Waals surface area (Å²) >= 11 is 0. The molecule has 2 heteroatoms. The highest BCUT2D eigenvalue weighted by atomic mass is 15.0. The summed E-state index contributed by atoms with van der Waals surface area (Å²) in [6.07, 6.45) is 0. The van der Waals surface area contributed by atoms with Crippen molar-refractivity contribution in [3.63, 3.8) is 0 Å². The van der Waals surface area contributed by atoms with Crippen LogP contribution in [0.2, 0.25) is 0 Å². The van der Waals surface area contributed by atoms with Crippen LogP contribution in [0, 0.1) is 0 Å². The lowest BCUT2D eigenvalue weighted by Crippen LogP contribution is -1.93. The minimum absolute atomic E-state index is 1.16.